The Balaban J connectivity index is 1.14. The van der Waals surface area contributed by atoms with Crippen LogP contribution in [-0.2, 0) is 19.1 Å². The van der Waals surface area contributed by atoms with E-state index in [0.29, 0.717) is 24.7 Å². The summed E-state index contributed by atoms with van der Waals surface area (Å²) in [5.74, 6) is 8.22. The third kappa shape index (κ3) is 14.3. The second-order valence-corrected chi connectivity index (χ2v) is 16.8. The topological polar surface area (TPSA) is 52.6 Å². The number of unbranched alkanes of at least 4 members (excludes halogenated alkanes) is 3. The molecule has 0 N–H and O–H groups in total. The normalized spacial score (nSPS) is 29.4. The molecule has 4 heteroatoms. The van der Waals surface area contributed by atoms with Crippen LogP contribution in [0.5, 0.6) is 0 Å². The van der Waals surface area contributed by atoms with Crippen LogP contribution in [0.15, 0.2) is 0 Å². The molecule has 3 rings (SSSR count). The fraction of sp³-hybridized carbons (Fsp3) is 0.951. The Hall–Kier alpha value is -1.06. The van der Waals surface area contributed by atoms with Gasteiger partial charge in [-0.05, 0) is 111 Å². The lowest BCUT2D eigenvalue weighted by Gasteiger charge is -2.22. The van der Waals surface area contributed by atoms with Gasteiger partial charge in [0.2, 0.25) is 0 Å². The molecule has 5 unspecified atom stereocenters. The van der Waals surface area contributed by atoms with Crippen molar-refractivity contribution < 1.29 is 19.1 Å². The Kier molecular flexibility index (Phi) is 17.9. The molecule has 0 aromatic carbocycles. The molecule has 262 valence electrons. The predicted molar refractivity (Wildman–Crippen MR) is 188 cm³/mol. The van der Waals surface area contributed by atoms with Crippen molar-refractivity contribution in [1.29, 1.82) is 0 Å². The zero-order valence-corrected chi connectivity index (χ0v) is 30.7. The van der Waals surface area contributed by atoms with E-state index in [1.54, 1.807) is 0 Å². The minimum atomic E-state index is -0.0607. The molecule has 0 aromatic rings. The Labute approximate surface area is 279 Å². The molecule has 3 saturated carbocycles. The summed E-state index contributed by atoms with van der Waals surface area (Å²) in [4.78, 5) is 23.2. The van der Waals surface area contributed by atoms with Gasteiger partial charge in [0.1, 0.15) is 0 Å². The Morgan fingerprint density at radius 2 is 1.11 bits per heavy atom. The highest BCUT2D eigenvalue weighted by Gasteiger charge is 2.37. The molecule has 4 nitrogen and oxygen atoms in total. The van der Waals surface area contributed by atoms with Crippen LogP contribution < -0.4 is 0 Å². The highest BCUT2D eigenvalue weighted by molar-refractivity contribution is 5.69. The molecule has 10 atom stereocenters. The van der Waals surface area contributed by atoms with Gasteiger partial charge >= 0.3 is 11.9 Å². The molecule has 0 aromatic heterocycles. The standard InChI is InChI=1S/C41H74O4/c1-30(14-11-17-33(4)36-21-19-34(26-36)18-12-15-31(2)25-40(42)44-5)13-9-7-8-10-16-32(3)37-23-24-39(29-37)38-22-20-35(27-38)28-41(43)45-6/h30-39H,7-29H2,1-6H3/t30-,31?,32-,33-,34+,35?,36?,37?,38+,39?/m1/s1. The van der Waals surface area contributed by atoms with Gasteiger partial charge in [0.05, 0.1) is 14.2 Å². The summed E-state index contributed by atoms with van der Waals surface area (Å²) in [6, 6.07) is 0. The molecule has 0 aliphatic heterocycles. The lowest BCUT2D eigenvalue weighted by Crippen LogP contribution is -2.13. The smallest absolute Gasteiger partial charge is 0.305 e. The van der Waals surface area contributed by atoms with Crippen LogP contribution in [0.2, 0.25) is 0 Å². The first-order valence-electron chi connectivity index (χ1n) is 19.8. The summed E-state index contributed by atoms with van der Waals surface area (Å²) < 4.78 is 9.73. The van der Waals surface area contributed by atoms with Crippen LogP contribution in [0, 0.1) is 59.2 Å². The number of hydrogen-bond acceptors (Lipinski definition) is 4. The number of ether oxygens (including phenoxy) is 2. The molecule has 0 saturated heterocycles. The van der Waals surface area contributed by atoms with Crippen molar-refractivity contribution in [2.75, 3.05) is 14.2 Å². The van der Waals surface area contributed by atoms with Gasteiger partial charge in [-0.3, -0.25) is 9.59 Å². The summed E-state index contributed by atoms with van der Waals surface area (Å²) in [5.41, 5.74) is 0. The van der Waals surface area contributed by atoms with Gasteiger partial charge in [0.25, 0.3) is 0 Å². The highest BCUT2D eigenvalue weighted by Crippen LogP contribution is 2.48. The van der Waals surface area contributed by atoms with E-state index in [1.165, 1.54) is 143 Å². The number of methoxy groups -OCH3 is 2. The molecule has 0 radical (unpaired) electrons. The molecule has 3 fully saturated rings. The Bertz CT molecular complexity index is 824. The first-order chi connectivity index (χ1) is 21.7. The minimum Gasteiger partial charge on any atom is -0.469 e. The summed E-state index contributed by atoms with van der Waals surface area (Å²) in [6.07, 6.45) is 30.3. The molecule has 0 heterocycles. The van der Waals surface area contributed by atoms with Crippen molar-refractivity contribution in [3.8, 4) is 0 Å². The number of hydrogen-bond donors (Lipinski definition) is 0. The highest BCUT2D eigenvalue weighted by atomic mass is 16.5. The average molecular weight is 631 g/mol. The molecule has 0 bridgehead atoms. The van der Waals surface area contributed by atoms with E-state index in [9.17, 15) is 9.59 Å². The van der Waals surface area contributed by atoms with Crippen LogP contribution in [0.4, 0.5) is 0 Å². The maximum Gasteiger partial charge on any atom is 0.305 e. The van der Waals surface area contributed by atoms with Gasteiger partial charge in [-0.2, -0.15) is 0 Å². The number of carbonyl (C=O) groups is 2. The van der Waals surface area contributed by atoms with Gasteiger partial charge in [0.15, 0.2) is 0 Å². The molecule has 3 aliphatic carbocycles. The molecule has 3 aliphatic rings. The van der Waals surface area contributed by atoms with Gasteiger partial charge in [-0.1, -0.05) is 111 Å². The molecular weight excluding hydrogens is 556 g/mol. The minimum absolute atomic E-state index is 0.0142. The van der Waals surface area contributed by atoms with Crippen molar-refractivity contribution in [3.05, 3.63) is 0 Å². The maximum absolute atomic E-state index is 11.7. The summed E-state index contributed by atoms with van der Waals surface area (Å²) in [7, 11) is 3.02. The van der Waals surface area contributed by atoms with Gasteiger partial charge in [0, 0.05) is 12.8 Å². The van der Waals surface area contributed by atoms with Crippen LogP contribution in [0.3, 0.4) is 0 Å². The maximum atomic E-state index is 11.7. The van der Waals surface area contributed by atoms with Crippen LogP contribution in [0.1, 0.15) is 175 Å². The first kappa shape index (κ1) is 38.4. The van der Waals surface area contributed by atoms with Crippen molar-refractivity contribution in [3.63, 3.8) is 0 Å². The third-order valence-corrected chi connectivity index (χ3v) is 13.2. The molecule has 45 heavy (non-hydrogen) atoms. The van der Waals surface area contributed by atoms with E-state index in [2.05, 4.69) is 27.7 Å². The van der Waals surface area contributed by atoms with Crippen molar-refractivity contribution in [2.24, 2.45) is 59.2 Å². The SMILES string of the molecule is COC(=O)CC(C)CCC[C@H]1CCC([C@H](C)CCC[C@H](C)CCCCCC[C@@H](C)C2CCC([C@H]3CCC(CC(=O)OC)C3)C2)C1. The summed E-state index contributed by atoms with van der Waals surface area (Å²) >= 11 is 0. The lowest BCUT2D eigenvalue weighted by atomic mass is 9.84. The van der Waals surface area contributed by atoms with E-state index in [0.717, 1.165) is 53.8 Å². The monoisotopic (exact) mass is 631 g/mol. The van der Waals surface area contributed by atoms with Crippen LogP contribution >= 0.6 is 0 Å². The zero-order chi connectivity index (χ0) is 32.6. The number of esters is 2. The molecule has 0 spiro atoms. The van der Waals surface area contributed by atoms with Crippen molar-refractivity contribution in [1.82, 2.24) is 0 Å². The quantitative estimate of drug-likeness (QED) is 0.0882. The largest absolute Gasteiger partial charge is 0.469 e. The van der Waals surface area contributed by atoms with E-state index in [1.807, 2.05) is 0 Å². The number of rotatable bonds is 22. The van der Waals surface area contributed by atoms with E-state index in [-0.39, 0.29) is 11.9 Å². The van der Waals surface area contributed by atoms with Crippen LogP contribution in [0.25, 0.3) is 0 Å². The second kappa shape index (κ2) is 21.0. The summed E-state index contributed by atoms with van der Waals surface area (Å²) in [5, 5.41) is 0. The van der Waals surface area contributed by atoms with Gasteiger partial charge in [-0.25, -0.2) is 0 Å². The predicted octanol–water partition coefficient (Wildman–Crippen LogP) is 11.6. The molecular formula is C41H74O4. The lowest BCUT2D eigenvalue weighted by molar-refractivity contribution is -0.142. The zero-order valence-electron chi connectivity index (χ0n) is 30.7. The Morgan fingerprint density at radius 1 is 0.556 bits per heavy atom. The van der Waals surface area contributed by atoms with E-state index >= 15 is 0 Å². The Morgan fingerprint density at radius 3 is 1.84 bits per heavy atom. The first-order valence-corrected chi connectivity index (χ1v) is 19.8. The fourth-order valence-corrected chi connectivity index (χ4v) is 9.88. The van der Waals surface area contributed by atoms with Gasteiger partial charge in [-0.15, -0.1) is 0 Å². The van der Waals surface area contributed by atoms with E-state index < -0.39 is 0 Å². The molecule has 0 amide bonds. The van der Waals surface area contributed by atoms with Crippen molar-refractivity contribution >= 4 is 11.9 Å². The average Bonchev–Trinajstić information content (AvgIpc) is 3.80. The second-order valence-electron chi connectivity index (χ2n) is 16.8. The van der Waals surface area contributed by atoms with E-state index in [4.69, 9.17) is 9.47 Å². The summed E-state index contributed by atoms with van der Waals surface area (Å²) in [6.45, 7) is 9.75. The number of carbonyl (C=O) groups excluding carboxylic acids is 2. The van der Waals surface area contributed by atoms with Gasteiger partial charge < -0.3 is 9.47 Å². The fourth-order valence-electron chi connectivity index (χ4n) is 9.88. The van der Waals surface area contributed by atoms with Crippen molar-refractivity contribution in [2.45, 2.75) is 175 Å². The van der Waals surface area contributed by atoms with Crippen LogP contribution in [-0.4, -0.2) is 26.2 Å². The third-order valence-electron chi connectivity index (χ3n) is 13.2.